The van der Waals surface area contributed by atoms with Gasteiger partial charge in [-0.1, -0.05) is 53.6 Å². The second-order valence-corrected chi connectivity index (χ2v) is 5.65. The molecule has 0 heterocycles. The van der Waals surface area contributed by atoms with Gasteiger partial charge in [-0.15, -0.1) is 0 Å². The average molecular weight is 326 g/mol. The summed E-state index contributed by atoms with van der Waals surface area (Å²) < 4.78 is 5.68. The molecule has 5 heteroatoms. The van der Waals surface area contributed by atoms with E-state index in [1.807, 2.05) is 37.3 Å². The summed E-state index contributed by atoms with van der Waals surface area (Å²) in [6, 6.07) is 11.0. The molecule has 2 nitrogen and oxygen atoms in total. The van der Waals surface area contributed by atoms with E-state index in [0.29, 0.717) is 27.4 Å². The van der Waals surface area contributed by atoms with E-state index in [0.717, 1.165) is 16.7 Å². The van der Waals surface area contributed by atoms with Crippen LogP contribution in [-0.2, 0) is 6.61 Å². The first-order valence-corrected chi connectivity index (χ1v) is 7.11. The Morgan fingerprint density at radius 3 is 2.50 bits per heavy atom. The number of benzene rings is 2. The van der Waals surface area contributed by atoms with E-state index >= 15 is 0 Å². The van der Waals surface area contributed by atoms with E-state index in [1.165, 1.54) is 0 Å². The highest BCUT2D eigenvalue weighted by Crippen LogP contribution is 2.27. The molecule has 104 valence electrons. The van der Waals surface area contributed by atoms with Crippen molar-refractivity contribution in [2.24, 2.45) is 5.73 Å². The molecule has 0 saturated heterocycles. The normalized spacial score (nSPS) is 10.3. The molecule has 0 atom stereocenters. The number of rotatable bonds is 4. The molecule has 2 aromatic carbocycles. The Labute approximate surface area is 133 Å². The number of thiocarbonyl (C=S) groups is 1. The molecule has 0 aliphatic rings. The molecular formula is C15H13Cl2NOS. The van der Waals surface area contributed by atoms with Crippen LogP contribution in [0.4, 0.5) is 0 Å². The summed E-state index contributed by atoms with van der Waals surface area (Å²) in [7, 11) is 0. The zero-order chi connectivity index (χ0) is 14.7. The lowest BCUT2D eigenvalue weighted by molar-refractivity contribution is 0.306. The number of hydrogen-bond donors (Lipinski definition) is 1. The largest absolute Gasteiger partial charge is 0.487 e. The third-order valence-electron chi connectivity index (χ3n) is 2.81. The average Bonchev–Trinajstić information content (AvgIpc) is 2.38. The second-order valence-electron chi connectivity index (χ2n) is 4.39. The summed E-state index contributed by atoms with van der Waals surface area (Å²) in [4.78, 5) is 0.320. The van der Waals surface area contributed by atoms with E-state index in [4.69, 9.17) is 45.9 Å². The highest BCUT2D eigenvalue weighted by molar-refractivity contribution is 7.80. The second kappa shape index (κ2) is 6.44. The first kappa shape index (κ1) is 15.1. The van der Waals surface area contributed by atoms with E-state index < -0.39 is 0 Å². The Morgan fingerprint density at radius 2 is 1.90 bits per heavy atom. The van der Waals surface area contributed by atoms with Crippen molar-refractivity contribution in [2.45, 2.75) is 13.5 Å². The van der Waals surface area contributed by atoms with Gasteiger partial charge in [0, 0.05) is 16.1 Å². The number of hydrogen-bond acceptors (Lipinski definition) is 2. The van der Waals surface area contributed by atoms with Crippen molar-refractivity contribution < 1.29 is 4.74 Å². The summed E-state index contributed by atoms with van der Waals surface area (Å²) in [5.41, 5.74) is 8.23. The number of aryl methyl sites for hydroxylation is 1. The fourth-order valence-electron chi connectivity index (χ4n) is 1.70. The molecule has 0 amide bonds. The van der Waals surface area contributed by atoms with Crippen molar-refractivity contribution in [1.82, 2.24) is 0 Å². The zero-order valence-electron chi connectivity index (χ0n) is 10.8. The molecule has 0 spiro atoms. The highest BCUT2D eigenvalue weighted by Gasteiger charge is 2.06. The maximum Gasteiger partial charge on any atom is 0.138 e. The van der Waals surface area contributed by atoms with Crippen LogP contribution in [0.5, 0.6) is 5.75 Å². The third-order valence-corrected chi connectivity index (χ3v) is 3.69. The molecule has 0 fully saturated rings. The van der Waals surface area contributed by atoms with Crippen molar-refractivity contribution in [1.29, 1.82) is 0 Å². The molecular weight excluding hydrogens is 313 g/mol. The molecule has 0 bridgehead atoms. The van der Waals surface area contributed by atoms with Crippen molar-refractivity contribution in [3.63, 3.8) is 0 Å². The van der Waals surface area contributed by atoms with Crippen LogP contribution < -0.4 is 10.5 Å². The molecule has 20 heavy (non-hydrogen) atoms. The Bertz CT molecular complexity index is 658. The summed E-state index contributed by atoms with van der Waals surface area (Å²) in [6.45, 7) is 2.31. The standard InChI is InChI=1S/C15H13Cl2NOS/c1-9-2-5-14(13(17)6-9)19-8-11-4-3-10(15(18)20)7-12(11)16/h2-7H,8H2,1H3,(H2,18,20). The lowest BCUT2D eigenvalue weighted by Gasteiger charge is -2.10. The smallest absolute Gasteiger partial charge is 0.138 e. The maximum atomic E-state index is 6.18. The van der Waals surface area contributed by atoms with Crippen molar-refractivity contribution in [2.75, 3.05) is 0 Å². The van der Waals surface area contributed by atoms with Crippen LogP contribution in [0.15, 0.2) is 36.4 Å². The minimum Gasteiger partial charge on any atom is -0.487 e. The van der Waals surface area contributed by atoms with Gasteiger partial charge in [0.05, 0.1) is 5.02 Å². The zero-order valence-corrected chi connectivity index (χ0v) is 13.1. The molecule has 0 aliphatic heterocycles. The van der Waals surface area contributed by atoms with Gasteiger partial charge in [-0.3, -0.25) is 0 Å². The highest BCUT2D eigenvalue weighted by atomic mass is 35.5. The number of halogens is 2. The Kier molecular flexibility index (Phi) is 4.86. The fourth-order valence-corrected chi connectivity index (χ4v) is 2.35. The number of ether oxygens (including phenoxy) is 1. The van der Waals surface area contributed by atoms with Crippen molar-refractivity contribution in [3.8, 4) is 5.75 Å². The van der Waals surface area contributed by atoms with Crippen LogP contribution in [0.2, 0.25) is 10.0 Å². The van der Waals surface area contributed by atoms with Gasteiger partial charge in [0.15, 0.2) is 0 Å². The summed E-state index contributed by atoms with van der Waals surface area (Å²) in [5, 5.41) is 1.15. The van der Waals surface area contributed by atoms with Gasteiger partial charge in [-0.2, -0.15) is 0 Å². The molecule has 0 radical (unpaired) electrons. The Balaban J connectivity index is 2.13. The van der Waals surface area contributed by atoms with Crippen molar-refractivity contribution >= 4 is 40.4 Å². The van der Waals surface area contributed by atoms with Crippen molar-refractivity contribution in [3.05, 3.63) is 63.1 Å². The predicted molar refractivity (Wildman–Crippen MR) is 87.9 cm³/mol. The molecule has 2 rings (SSSR count). The minimum atomic E-state index is 0.320. The van der Waals surface area contributed by atoms with Gasteiger partial charge in [-0.05, 0) is 30.7 Å². The van der Waals surface area contributed by atoms with E-state index in [1.54, 1.807) is 6.07 Å². The first-order chi connectivity index (χ1) is 9.47. The monoisotopic (exact) mass is 325 g/mol. The van der Waals surface area contributed by atoms with Crippen LogP contribution in [0, 0.1) is 6.92 Å². The molecule has 0 aromatic heterocycles. The molecule has 2 N–H and O–H groups in total. The SMILES string of the molecule is Cc1ccc(OCc2ccc(C(N)=S)cc2Cl)c(Cl)c1. The first-order valence-electron chi connectivity index (χ1n) is 5.94. The third kappa shape index (κ3) is 3.63. The predicted octanol–water partition coefficient (Wildman–Crippen LogP) is 4.52. The maximum absolute atomic E-state index is 6.18. The van der Waals surface area contributed by atoms with E-state index in [9.17, 15) is 0 Å². The summed E-state index contributed by atoms with van der Waals surface area (Å²) in [5.74, 6) is 0.631. The summed E-state index contributed by atoms with van der Waals surface area (Å²) >= 11 is 17.2. The number of nitrogens with two attached hydrogens (primary N) is 1. The quantitative estimate of drug-likeness (QED) is 0.839. The van der Waals surface area contributed by atoms with Crippen LogP contribution in [-0.4, -0.2) is 4.99 Å². The van der Waals surface area contributed by atoms with Gasteiger partial charge in [0.1, 0.15) is 17.3 Å². The molecule has 2 aromatic rings. The van der Waals surface area contributed by atoms with Gasteiger partial charge in [0.2, 0.25) is 0 Å². The lowest BCUT2D eigenvalue weighted by Crippen LogP contribution is -2.09. The fraction of sp³-hybridized carbons (Fsp3) is 0.133. The van der Waals surface area contributed by atoms with Gasteiger partial charge >= 0.3 is 0 Å². The van der Waals surface area contributed by atoms with E-state index in [2.05, 4.69) is 0 Å². The molecule has 0 aliphatic carbocycles. The lowest BCUT2D eigenvalue weighted by atomic mass is 10.1. The van der Waals surface area contributed by atoms with Gasteiger partial charge in [-0.25, -0.2) is 0 Å². The van der Waals surface area contributed by atoms with Gasteiger partial charge < -0.3 is 10.5 Å². The van der Waals surface area contributed by atoms with Gasteiger partial charge in [0.25, 0.3) is 0 Å². The van der Waals surface area contributed by atoms with Crippen LogP contribution in [0.3, 0.4) is 0 Å². The van der Waals surface area contributed by atoms with E-state index in [-0.39, 0.29) is 0 Å². The van der Waals surface area contributed by atoms with Crippen LogP contribution in [0.25, 0.3) is 0 Å². The molecule has 0 saturated carbocycles. The summed E-state index contributed by atoms with van der Waals surface area (Å²) in [6.07, 6.45) is 0. The van der Waals surface area contributed by atoms with Crippen LogP contribution >= 0.6 is 35.4 Å². The minimum absolute atomic E-state index is 0.320. The Hall–Kier alpha value is -1.29. The Morgan fingerprint density at radius 1 is 1.15 bits per heavy atom. The molecule has 0 unspecified atom stereocenters. The van der Waals surface area contributed by atoms with Crippen LogP contribution in [0.1, 0.15) is 16.7 Å². The topological polar surface area (TPSA) is 35.2 Å².